The zero-order chi connectivity index (χ0) is 13.7. The van der Waals surface area contributed by atoms with Gasteiger partial charge in [-0.1, -0.05) is 0 Å². The van der Waals surface area contributed by atoms with Gasteiger partial charge >= 0.3 is 0 Å². The van der Waals surface area contributed by atoms with Gasteiger partial charge < -0.3 is 15.4 Å². The molecule has 2 N–H and O–H groups in total. The van der Waals surface area contributed by atoms with E-state index in [4.69, 9.17) is 4.74 Å². The zero-order valence-corrected chi connectivity index (χ0v) is 11.7. The van der Waals surface area contributed by atoms with Crippen LogP contribution >= 0.6 is 11.3 Å². The first kappa shape index (κ1) is 14.0. The molecule has 6 heteroatoms. The Balaban J connectivity index is 1.87. The third-order valence-corrected chi connectivity index (χ3v) is 3.58. The first-order valence-corrected chi connectivity index (χ1v) is 7.34. The predicted molar refractivity (Wildman–Crippen MR) is 74.5 cm³/mol. The van der Waals surface area contributed by atoms with Crippen LogP contribution in [0.1, 0.15) is 36.5 Å². The first-order chi connectivity index (χ1) is 9.20. The minimum atomic E-state index is -0.128. The van der Waals surface area contributed by atoms with E-state index in [0.717, 1.165) is 12.8 Å². The number of carbonyl (C=O) groups excluding carboxylic acids is 2. The van der Waals surface area contributed by atoms with Gasteiger partial charge in [-0.3, -0.25) is 9.59 Å². The Bertz CT molecular complexity index is 454. The highest BCUT2D eigenvalue weighted by Crippen LogP contribution is 2.25. The van der Waals surface area contributed by atoms with Crippen molar-refractivity contribution in [2.24, 2.45) is 0 Å². The van der Waals surface area contributed by atoms with Crippen LogP contribution in [0, 0.1) is 0 Å². The van der Waals surface area contributed by atoms with Gasteiger partial charge in [-0.15, -0.1) is 11.3 Å². The molecule has 0 spiro atoms. The van der Waals surface area contributed by atoms with Crippen molar-refractivity contribution in [2.45, 2.75) is 32.2 Å². The number of rotatable bonds is 7. The summed E-state index contributed by atoms with van der Waals surface area (Å²) in [7, 11) is 0. The van der Waals surface area contributed by atoms with Crippen LogP contribution in [-0.2, 0) is 9.53 Å². The minimum absolute atomic E-state index is 0.108. The number of hydrogen-bond donors (Lipinski definition) is 2. The van der Waals surface area contributed by atoms with Crippen molar-refractivity contribution >= 4 is 28.2 Å². The van der Waals surface area contributed by atoms with E-state index in [1.54, 1.807) is 11.4 Å². The van der Waals surface area contributed by atoms with Gasteiger partial charge in [0.05, 0.1) is 18.6 Å². The number of carbonyl (C=O) groups is 2. The molecule has 0 aromatic carbocycles. The SMILES string of the molecule is CCOCCC(=O)Nc1sccc1C(=O)NC1CC1. The molecule has 0 saturated heterocycles. The lowest BCUT2D eigenvalue weighted by Gasteiger charge is -2.07. The van der Waals surface area contributed by atoms with Crippen LogP contribution in [0.3, 0.4) is 0 Å². The summed E-state index contributed by atoms with van der Waals surface area (Å²) in [6.07, 6.45) is 2.40. The fourth-order valence-corrected chi connectivity index (χ4v) is 2.37. The minimum Gasteiger partial charge on any atom is -0.381 e. The normalized spacial score (nSPS) is 14.2. The van der Waals surface area contributed by atoms with E-state index in [-0.39, 0.29) is 11.8 Å². The molecule has 0 aliphatic heterocycles. The third kappa shape index (κ3) is 4.33. The number of ether oxygens (including phenoxy) is 1. The Labute approximate surface area is 116 Å². The third-order valence-electron chi connectivity index (χ3n) is 2.75. The van der Waals surface area contributed by atoms with Crippen molar-refractivity contribution < 1.29 is 14.3 Å². The second kappa shape index (κ2) is 6.68. The Morgan fingerprint density at radius 1 is 1.47 bits per heavy atom. The Morgan fingerprint density at radius 2 is 2.26 bits per heavy atom. The monoisotopic (exact) mass is 282 g/mol. The van der Waals surface area contributed by atoms with E-state index in [9.17, 15) is 9.59 Å². The fourth-order valence-electron chi connectivity index (χ4n) is 1.57. The van der Waals surface area contributed by atoms with Crippen molar-refractivity contribution in [3.8, 4) is 0 Å². The van der Waals surface area contributed by atoms with Crippen LogP contribution in [0.15, 0.2) is 11.4 Å². The predicted octanol–water partition coefficient (Wildman–Crippen LogP) is 2.01. The van der Waals surface area contributed by atoms with E-state index < -0.39 is 0 Å². The Hall–Kier alpha value is -1.40. The highest BCUT2D eigenvalue weighted by molar-refractivity contribution is 7.14. The van der Waals surface area contributed by atoms with E-state index in [2.05, 4.69) is 10.6 Å². The summed E-state index contributed by atoms with van der Waals surface area (Å²) < 4.78 is 5.13. The van der Waals surface area contributed by atoms with E-state index in [0.29, 0.717) is 36.2 Å². The molecule has 19 heavy (non-hydrogen) atoms. The summed E-state index contributed by atoms with van der Waals surface area (Å²) in [6.45, 7) is 2.89. The molecule has 1 aromatic rings. The van der Waals surface area contributed by atoms with Crippen LogP contribution in [0.5, 0.6) is 0 Å². The number of nitrogens with one attached hydrogen (secondary N) is 2. The van der Waals surface area contributed by atoms with Gasteiger partial charge in [0.15, 0.2) is 0 Å². The van der Waals surface area contributed by atoms with Crippen molar-refractivity contribution in [2.75, 3.05) is 18.5 Å². The second-order valence-corrected chi connectivity index (χ2v) is 5.32. The Morgan fingerprint density at radius 3 is 2.95 bits per heavy atom. The van der Waals surface area contributed by atoms with Crippen LogP contribution in [0.2, 0.25) is 0 Å². The first-order valence-electron chi connectivity index (χ1n) is 6.46. The number of hydrogen-bond acceptors (Lipinski definition) is 4. The van der Waals surface area contributed by atoms with Gasteiger partial charge in [0.25, 0.3) is 5.91 Å². The molecular weight excluding hydrogens is 264 g/mol. The van der Waals surface area contributed by atoms with Gasteiger partial charge in [-0.25, -0.2) is 0 Å². The smallest absolute Gasteiger partial charge is 0.254 e. The van der Waals surface area contributed by atoms with Crippen LogP contribution in [0.25, 0.3) is 0 Å². The van der Waals surface area contributed by atoms with Gasteiger partial charge in [0, 0.05) is 12.6 Å². The van der Waals surface area contributed by atoms with Gasteiger partial charge in [0.1, 0.15) is 5.00 Å². The molecule has 1 fully saturated rings. The highest BCUT2D eigenvalue weighted by Gasteiger charge is 2.25. The molecule has 1 saturated carbocycles. The average molecular weight is 282 g/mol. The molecular formula is C13H18N2O3S. The highest BCUT2D eigenvalue weighted by atomic mass is 32.1. The summed E-state index contributed by atoms with van der Waals surface area (Å²) in [4.78, 5) is 23.6. The van der Waals surface area contributed by atoms with Gasteiger partial charge in [-0.05, 0) is 31.2 Å². The van der Waals surface area contributed by atoms with E-state index in [1.807, 2.05) is 6.92 Å². The molecule has 1 aliphatic carbocycles. The summed E-state index contributed by atoms with van der Waals surface area (Å²) in [5.74, 6) is -0.236. The maximum absolute atomic E-state index is 11.9. The molecule has 1 aromatic heterocycles. The summed E-state index contributed by atoms with van der Waals surface area (Å²) in [5.41, 5.74) is 0.543. The molecule has 0 atom stereocenters. The number of anilines is 1. The maximum Gasteiger partial charge on any atom is 0.254 e. The lowest BCUT2D eigenvalue weighted by atomic mass is 10.3. The molecule has 0 bridgehead atoms. The second-order valence-electron chi connectivity index (χ2n) is 4.41. The average Bonchev–Trinajstić information content (AvgIpc) is 3.06. The molecule has 2 rings (SSSR count). The van der Waals surface area contributed by atoms with Crippen molar-refractivity contribution in [3.63, 3.8) is 0 Å². The summed E-state index contributed by atoms with van der Waals surface area (Å²) in [5, 5.41) is 8.09. The topological polar surface area (TPSA) is 67.4 Å². The standard InChI is InChI=1S/C13H18N2O3S/c1-2-18-7-5-11(16)15-13-10(6-8-19-13)12(17)14-9-3-4-9/h6,8-9H,2-5,7H2,1H3,(H,14,17)(H,15,16). The molecule has 0 unspecified atom stereocenters. The van der Waals surface area contributed by atoms with Gasteiger partial charge in [-0.2, -0.15) is 0 Å². The Kier molecular flexibility index (Phi) is 4.93. The molecule has 0 radical (unpaired) electrons. The largest absolute Gasteiger partial charge is 0.381 e. The van der Waals surface area contributed by atoms with Crippen molar-refractivity contribution in [1.82, 2.24) is 5.32 Å². The molecule has 1 heterocycles. The van der Waals surface area contributed by atoms with E-state index in [1.165, 1.54) is 11.3 Å². The molecule has 2 amide bonds. The summed E-state index contributed by atoms with van der Waals surface area (Å²) in [6, 6.07) is 2.05. The molecule has 1 aliphatic rings. The fraction of sp³-hybridized carbons (Fsp3) is 0.538. The summed E-state index contributed by atoms with van der Waals surface area (Å²) >= 11 is 1.36. The molecule has 5 nitrogen and oxygen atoms in total. The maximum atomic E-state index is 11.9. The quantitative estimate of drug-likeness (QED) is 0.752. The van der Waals surface area contributed by atoms with Gasteiger partial charge in [0.2, 0.25) is 5.91 Å². The van der Waals surface area contributed by atoms with Crippen LogP contribution in [0.4, 0.5) is 5.00 Å². The molecule has 104 valence electrons. The van der Waals surface area contributed by atoms with E-state index >= 15 is 0 Å². The lowest BCUT2D eigenvalue weighted by Crippen LogP contribution is -2.26. The van der Waals surface area contributed by atoms with Crippen molar-refractivity contribution in [3.05, 3.63) is 17.0 Å². The number of amides is 2. The zero-order valence-electron chi connectivity index (χ0n) is 10.9. The van der Waals surface area contributed by atoms with Crippen LogP contribution < -0.4 is 10.6 Å². The lowest BCUT2D eigenvalue weighted by molar-refractivity contribution is -0.117. The van der Waals surface area contributed by atoms with Crippen LogP contribution in [-0.4, -0.2) is 31.1 Å². The van der Waals surface area contributed by atoms with Crippen molar-refractivity contribution in [1.29, 1.82) is 0 Å². The number of thiophene rings is 1.